The molecule has 0 spiro atoms. The summed E-state index contributed by atoms with van der Waals surface area (Å²) >= 11 is 0. The first-order valence-electron chi connectivity index (χ1n) is 6.84. The molecule has 0 atom stereocenters. The summed E-state index contributed by atoms with van der Waals surface area (Å²) in [6, 6.07) is 2.15. The lowest BCUT2D eigenvalue weighted by atomic mass is 10.2. The molecule has 0 aromatic carbocycles. The van der Waals surface area contributed by atoms with Gasteiger partial charge in [0.2, 0.25) is 0 Å². The number of hydrogen-bond donors (Lipinski definition) is 1. The van der Waals surface area contributed by atoms with Gasteiger partial charge in [0.15, 0.2) is 5.82 Å². The monoisotopic (exact) mass is 259 g/mol. The van der Waals surface area contributed by atoms with Crippen LogP contribution in [0.15, 0.2) is 12.4 Å². The summed E-state index contributed by atoms with van der Waals surface area (Å²) in [5.74, 6) is 1.74. The average Bonchev–Trinajstić information content (AvgIpc) is 2.84. The van der Waals surface area contributed by atoms with Gasteiger partial charge in [0, 0.05) is 17.8 Å². The van der Waals surface area contributed by atoms with Crippen LogP contribution in [0.1, 0.15) is 37.7 Å². The summed E-state index contributed by atoms with van der Waals surface area (Å²) in [6.45, 7) is 9.18. The highest BCUT2D eigenvalue weighted by atomic mass is 15.3. The first-order chi connectivity index (χ1) is 9.21. The molecule has 0 aliphatic rings. The minimum Gasteiger partial charge on any atom is -0.370 e. The van der Waals surface area contributed by atoms with Crippen molar-refractivity contribution in [1.29, 1.82) is 0 Å². The fourth-order valence-corrected chi connectivity index (χ4v) is 2.08. The van der Waals surface area contributed by atoms with E-state index in [2.05, 4.69) is 47.2 Å². The maximum atomic E-state index is 4.63. The molecule has 0 bridgehead atoms. The fourth-order valence-electron chi connectivity index (χ4n) is 2.08. The van der Waals surface area contributed by atoms with E-state index in [1.165, 1.54) is 5.69 Å². The van der Waals surface area contributed by atoms with Gasteiger partial charge in [-0.2, -0.15) is 5.10 Å². The zero-order chi connectivity index (χ0) is 13.8. The summed E-state index contributed by atoms with van der Waals surface area (Å²) in [6.07, 6.45) is 3.46. The van der Waals surface area contributed by atoms with Gasteiger partial charge in [0.25, 0.3) is 0 Å². The Morgan fingerprint density at radius 3 is 2.58 bits per heavy atom. The Bertz CT molecular complexity index is 559. The molecule has 0 aliphatic heterocycles. The van der Waals surface area contributed by atoms with E-state index in [9.17, 15) is 0 Å². The number of nitrogens with one attached hydrogen (secondary N) is 1. The fraction of sp³-hybridized carbons (Fsp3) is 0.500. The highest BCUT2D eigenvalue weighted by Crippen LogP contribution is 2.19. The highest BCUT2D eigenvalue weighted by Gasteiger charge is 2.13. The molecule has 0 saturated heterocycles. The lowest BCUT2D eigenvalue weighted by molar-refractivity contribution is 0.762. The number of aromatic nitrogens is 4. The van der Waals surface area contributed by atoms with Gasteiger partial charge in [-0.05, 0) is 32.8 Å². The lowest BCUT2D eigenvalue weighted by Crippen LogP contribution is -2.10. The van der Waals surface area contributed by atoms with Crippen LogP contribution < -0.4 is 5.32 Å². The Morgan fingerprint density at radius 1 is 1.16 bits per heavy atom. The van der Waals surface area contributed by atoms with Crippen LogP contribution in [0.2, 0.25) is 0 Å². The minimum atomic E-state index is 0.844. The molecule has 0 amide bonds. The number of rotatable bonds is 5. The van der Waals surface area contributed by atoms with Gasteiger partial charge < -0.3 is 5.32 Å². The molecule has 5 nitrogen and oxygen atoms in total. The lowest BCUT2D eigenvalue weighted by Gasteiger charge is -2.11. The highest BCUT2D eigenvalue weighted by molar-refractivity contribution is 5.51. The summed E-state index contributed by atoms with van der Waals surface area (Å²) < 4.78 is 1.94. The molecule has 19 heavy (non-hydrogen) atoms. The van der Waals surface area contributed by atoms with Crippen molar-refractivity contribution >= 4 is 5.82 Å². The van der Waals surface area contributed by atoms with Crippen LogP contribution in [0, 0.1) is 6.92 Å². The van der Waals surface area contributed by atoms with E-state index in [-0.39, 0.29) is 0 Å². The van der Waals surface area contributed by atoms with Crippen LogP contribution in [-0.4, -0.2) is 26.3 Å². The third-order valence-corrected chi connectivity index (χ3v) is 3.16. The van der Waals surface area contributed by atoms with Crippen LogP contribution in [0.3, 0.4) is 0 Å². The molecule has 0 unspecified atom stereocenters. The second-order valence-corrected chi connectivity index (χ2v) is 4.45. The van der Waals surface area contributed by atoms with Gasteiger partial charge in [-0.25, -0.2) is 14.6 Å². The molecular formula is C14H21N5. The van der Waals surface area contributed by atoms with Crippen LogP contribution in [0.4, 0.5) is 5.82 Å². The number of hydrogen-bond acceptors (Lipinski definition) is 4. The van der Waals surface area contributed by atoms with E-state index >= 15 is 0 Å². The van der Waals surface area contributed by atoms with Gasteiger partial charge >= 0.3 is 0 Å². The minimum absolute atomic E-state index is 0.844. The normalized spacial score (nSPS) is 10.7. The molecule has 0 radical (unpaired) electrons. The largest absolute Gasteiger partial charge is 0.370 e. The Kier molecular flexibility index (Phi) is 4.14. The summed E-state index contributed by atoms with van der Waals surface area (Å²) in [5.41, 5.74) is 3.31. The summed E-state index contributed by atoms with van der Waals surface area (Å²) in [7, 11) is 0. The molecule has 5 heteroatoms. The first kappa shape index (κ1) is 13.5. The van der Waals surface area contributed by atoms with E-state index in [0.29, 0.717) is 0 Å². The van der Waals surface area contributed by atoms with Crippen molar-refractivity contribution in [3.05, 3.63) is 29.3 Å². The molecular weight excluding hydrogens is 238 g/mol. The van der Waals surface area contributed by atoms with E-state index in [4.69, 9.17) is 0 Å². The number of aryl methyl sites for hydroxylation is 2. The maximum Gasteiger partial charge on any atom is 0.162 e. The zero-order valence-corrected chi connectivity index (χ0v) is 12.1. The molecule has 1 N–H and O–H groups in total. The van der Waals surface area contributed by atoms with Crippen molar-refractivity contribution < 1.29 is 0 Å². The molecule has 0 fully saturated rings. The standard InChI is InChI=1S/C14H21N5/c1-5-11-8-12(6-2)19(18-11)14-10(4)13(15-7-3)16-9-17-14/h8-9H,5-7H2,1-4H3,(H,15,16,17). The molecule has 2 aromatic heterocycles. The van der Waals surface area contributed by atoms with Crippen LogP contribution in [0.25, 0.3) is 5.82 Å². The molecule has 102 valence electrons. The zero-order valence-electron chi connectivity index (χ0n) is 12.1. The van der Waals surface area contributed by atoms with Crippen LogP contribution in [-0.2, 0) is 12.8 Å². The van der Waals surface area contributed by atoms with Crippen molar-refractivity contribution in [2.24, 2.45) is 0 Å². The van der Waals surface area contributed by atoms with E-state index in [1.807, 2.05) is 11.6 Å². The van der Waals surface area contributed by atoms with E-state index in [1.54, 1.807) is 6.33 Å². The number of nitrogens with zero attached hydrogens (tertiary/aromatic N) is 4. The number of anilines is 1. The van der Waals surface area contributed by atoms with Crippen molar-refractivity contribution in [2.75, 3.05) is 11.9 Å². The predicted molar refractivity (Wildman–Crippen MR) is 76.8 cm³/mol. The topological polar surface area (TPSA) is 55.6 Å². The Balaban J connectivity index is 2.52. The third-order valence-electron chi connectivity index (χ3n) is 3.16. The van der Waals surface area contributed by atoms with Crippen LogP contribution >= 0.6 is 0 Å². The van der Waals surface area contributed by atoms with Crippen molar-refractivity contribution in [3.8, 4) is 5.82 Å². The maximum absolute atomic E-state index is 4.63. The van der Waals surface area contributed by atoms with Crippen molar-refractivity contribution in [2.45, 2.75) is 40.5 Å². The predicted octanol–water partition coefficient (Wildman–Crippen LogP) is 2.53. The average molecular weight is 259 g/mol. The summed E-state index contributed by atoms with van der Waals surface area (Å²) in [5, 5.41) is 7.88. The second kappa shape index (κ2) is 5.82. The van der Waals surface area contributed by atoms with Gasteiger partial charge in [-0.15, -0.1) is 0 Å². The van der Waals surface area contributed by atoms with Gasteiger partial charge in [0.05, 0.1) is 5.69 Å². The molecule has 0 saturated carbocycles. The Hall–Kier alpha value is -1.91. The Morgan fingerprint density at radius 2 is 1.95 bits per heavy atom. The summed E-state index contributed by atoms with van der Waals surface area (Å²) in [4.78, 5) is 8.67. The third kappa shape index (κ3) is 2.59. The van der Waals surface area contributed by atoms with Crippen molar-refractivity contribution in [1.82, 2.24) is 19.7 Å². The van der Waals surface area contributed by atoms with Gasteiger partial charge in [-0.1, -0.05) is 13.8 Å². The quantitative estimate of drug-likeness (QED) is 0.896. The molecule has 2 heterocycles. The molecule has 2 rings (SSSR count). The van der Waals surface area contributed by atoms with Gasteiger partial charge in [0.1, 0.15) is 12.1 Å². The molecule has 2 aromatic rings. The van der Waals surface area contributed by atoms with E-state index < -0.39 is 0 Å². The van der Waals surface area contributed by atoms with E-state index in [0.717, 1.165) is 42.3 Å². The molecule has 0 aliphatic carbocycles. The smallest absolute Gasteiger partial charge is 0.162 e. The van der Waals surface area contributed by atoms with Crippen molar-refractivity contribution in [3.63, 3.8) is 0 Å². The first-order valence-corrected chi connectivity index (χ1v) is 6.84. The Labute approximate surface area is 114 Å². The second-order valence-electron chi connectivity index (χ2n) is 4.45. The van der Waals surface area contributed by atoms with Gasteiger partial charge in [-0.3, -0.25) is 0 Å². The SMILES string of the molecule is CCNc1ncnc(-n2nc(CC)cc2CC)c1C. The van der Waals surface area contributed by atoms with Crippen LogP contribution in [0.5, 0.6) is 0 Å².